The van der Waals surface area contributed by atoms with Crippen molar-refractivity contribution in [3.8, 4) is 0 Å². The molecule has 0 aliphatic carbocycles. The third-order valence-electron chi connectivity index (χ3n) is 0.409. The van der Waals surface area contributed by atoms with Gasteiger partial charge in [-0.2, -0.15) is 0 Å². The van der Waals surface area contributed by atoms with Gasteiger partial charge in [0, 0.05) is 0 Å². The van der Waals surface area contributed by atoms with Gasteiger partial charge in [-0.25, -0.2) is 0 Å². The van der Waals surface area contributed by atoms with Crippen LogP contribution in [0.4, 0.5) is 0 Å². The first-order chi connectivity index (χ1) is 3.18. The summed E-state index contributed by atoms with van der Waals surface area (Å²) < 4.78 is 0. The van der Waals surface area contributed by atoms with Gasteiger partial charge in [0.2, 0.25) is 5.78 Å². The summed E-state index contributed by atoms with van der Waals surface area (Å²) in [6.07, 6.45) is 0.815. The summed E-state index contributed by atoms with van der Waals surface area (Å²) in [6.45, 7) is 2.99. The number of amides is 1. The van der Waals surface area contributed by atoms with Gasteiger partial charge in [-0.3, -0.25) is 15.3 Å². The molecule has 0 heterocycles. The van der Waals surface area contributed by atoms with E-state index in [-0.39, 0.29) is 0 Å². The van der Waals surface area contributed by atoms with Crippen LogP contribution in [-0.2, 0) is 9.59 Å². The zero-order valence-corrected chi connectivity index (χ0v) is 3.60. The first-order valence-electron chi connectivity index (χ1n) is 1.61. The normalized spacial score (nSPS) is 7.43. The standard InChI is InChI=1S/C4H4NO2/c1-2-3(6)4(5)7/h2,5H,1H2. The summed E-state index contributed by atoms with van der Waals surface area (Å²) >= 11 is 0. The van der Waals surface area contributed by atoms with E-state index in [2.05, 4.69) is 6.58 Å². The van der Waals surface area contributed by atoms with Crippen LogP contribution in [-0.4, -0.2) is 11.7 Å². The fourth-order valence-corrected chi connectivity index (χ4v) is 0.0927. The molecule has 0 fully saturated rings. The SMILES string of the molecule is C=CC(=O)C([NH])=O. The van der Waals surface area contributed by atoms with Crippen LogP contribution >= 0.6 is 0 Å². The van der Waals surface area contributed by atoms with E-state index in [0.717, 1.165) is 6.08 Å². The third-order valence-corrected chi connectivity index (χ3v) is 0.409. The number of hydrogen-bond donors (Lipinski definition) is 0. The Kier molecular flexibility index (Phi) is 1.78. The maximum absolute atomic E-state index is 9.86. The molecule has 0 saturated heterocycles. The number of carbonyl (C=O) groups is 2. The molecule has 1 N–H and O–H groups in total. The lowest BCUT2D eigenvalue weighted by Gasteiger charge is -1.75. The molecule has 0 aliphatic heterocycles. The maximum Gasteiger partial charge on any atom is 0.310 e. The van der Waals surface area contributed by atoms with Gasteiger partial charge in [0.05, 0.1) is 0 Å². The van der Waals surface area contributed by atoms with Gasteiger partial charge in [-0.05, 0) is 6.08 Å². The monoisotopic (exact) mass is 98.0 g/mol. The maximum atomic E-state index is 9.86. The molecule has 0 aromatic rings. The topological polar surface area (TPSA) is 57.9 Å². The predicted octanol–water partition coefficient (Wildman–Crippen LogP) is -0.449. The molecule has 3 nitrogen and oxygen atoms in total. The number of carbonyl (C=O) groups excluding carboxylic acids is 2. The van der Waals surface area contributed by atoms with E-state index >= 15 is 0 Å². The van der Waals surface area contributed by atoms with Gasteiger partial charge in [-0.15, -0.1) is 0 Å². The Morgan fingerprint density at radius 1 is 1.57 bits per heavy atom. The van der Waals surface area contributed by atoms with E-state index in [9.17, 15) is 9.59 Å². The summed E-state index contributed by atoms with van der Waals surface area (Å²) in [7, 11) is 0. The Morgan fingerprint density at radius 2 is 2.00 bits per heavy atom. The quantitative estimate of drug-likeness (QED) is 0.347. The van der Waals surface area contributed by atoms with Crippen molar-refractivity contribution in [1.29, 1.82) is 0 Å². The molecule has 0 aromatic carbocycles. The second kappa shape index (κ2) is 2.12. The van der Waals surface area contributed by atoms with Crippen molar-refractivity contribution in [1.82, 2.24) is 5.73 Å². The highest BCUT2D eigenvalue weighted by Crippen LogP contribution is 1.67. The highest BCUT2D eigenvalue weighted by atomic mass is 16.2. The van der Waals surface area contributed by atoms with Gasteiger partial charge < -0.3 is 0 Å². The van der Waals surface area contributed by atoms with Crippen molar-refractivity contribution < 1.29 is 9.59 Å². The largest absolute Gasteiger partial charge is 0.310 e. The molecule has 0 bridgehead atoms. The highest BCUT2D eigenvalue weighted by molar-refractivity contribution is 6.39. The molecule has 0 aromatic heterocycles. The van der Waals surface area contributed by atoms with Crippen molar-refractivity contribution in [2.24, 2.45) is 0 Å². The molecule has 0 aliphatic rings. The summed E-state index contributed by atoms with van der Waals surface area (Å²) in [5.74, 6) is -2.07. The number of hydrogen-bond acceptors (Lipinski definition) is 2. The third kappa shape index (κ3) is 1.70. The second-order valence-corrected chi connectivity index (χ2v) is 0.897. The zero-order chi connectivity index (χ0) is 5.86. The fourth-order valence-electron chi connectivity index (χ4n) is 0.0927. The van der Waals surface area contributed by atoms with Gasteiger partial charge in [0.1, 0.15) is 0 Å². The molecule has 1 amide bonds. The molecule has 0 unspecified atom stereocenters. The summed E-state index contributed by atoms with van der Waals surface area (Å²) in [5, 5.41) is 0. The Morgan fingerprint density at radius 3 is 2.00 bits per heavy atom. The lowest BCUT2D eigenvalue weighted by atomic mass is 10.4. The average molecular weight is 98.1 g/mol. The number of nitrogens with one attached hydrogen (secondary N) is 1. The summed E-state index contributed by atoms with van der Waals surface area (Å²) in [5.41, 5.74) is 6.12. The molecule has 0 spiro atoms. The van der Waals surface area contributed by atoms with Crippen LogP contribution < -0.4 is 5.73 Å². The van der Waals surface area contributed by atoms with Crippen LogP contribution in [0.2, 0.25) is 0 Å². The van der Waals surface area contributed by atoms with Crippen molar-refractivity contribution >= 4 is 11.7 Å². The molecule has 3 heteroatoms. The first-order valence-corrected chi connectivity index (χ1v) is 1.61. The van der Waals surface area contributed by atoms with Crippen LogP contribution in [0.1, 0.15) is 0 Å². The molecule has 0 saturated carbocycles. The minimum Gasteiger partial charge on any atom is -0.284 e. The van der Waals surface area contributed by atoms with Crippen molar-refractivity contribution in [2.75, 3.05) is 0 Å². The number of rotatable bonds is 2. The van der Waals surface area contributed by atoms with Crippen LogP contribution in [0.3, 0.4) is 0 Å². The van der Waals surface area contributed by atoms with Gasteiger partial charge in [0.15, 0.2) is 0 Å². The van der Waals surface area contributed by atoms with Gasteiger partial charge in [0.25, 0.3) is 0 Å². The first kappa shape index (κ1) is 5.88. The van der Waals surface area contributed by atoms with Crippen LogP contribution in [0.25, 0.3) is 0 Å². The molecule has 0 atom stereocenters. The molecule has 0 rings (SSSR count). The lowest BCUT2D eigenvalue weighted by molar-refractivity contribution is -0.133. The minimum atomic E-state index is -1.21. The van der Waals surface area contributed by atoms with Crippen molar-refractivity contribution in [3.05, 3.63) is 12.7 Å². The smallest absolute Gasteiger partial charge is 0.284 e. The van der Waals surface area contributed by atoms with Crippen LogP contribution in [0.15, 0.2) is 12.7 Å². The van der Waals surface area contributed by atoms with E-state index < -0.39 is 11.7 Å². The van der Waals surface area contributed by atoms with E-state index in [1.807, 2.05) is 0 Å². The minimum absolute atomic E-state index is 0.815. The lowest BCUT2D eigenvalue weighted by Crippen LogP contribution is -2.09. The highest BCUT2D eigenvalue weighted by Gasteiger charge is 2.00. The molecular formula is C4H4NO2. The molecule has 37 valence electrons. The van der Waals surface area contributed by atoms with E-state index in [0.29, 0.717) is 0 Å². The Balaban J connectivity index is 3.81. The molecule has 1 radical (unpaired) electrons. The average Bonchev–Trinajstić information content (AvgIpc) is 1.65. The zero-order valence-electron chi connectivity index (χ0n) is 3.60. The Labute approximate surface area is 40.8 Å². The summed E-state index contributed by atoms with van der Waals surface area (Å²) in [6, 6.07) is 0. The van der Waals surface area contributed by atoms with Crippen molar-refractivity contribution in [3.63, 3.8) is 0 Å². The predicted molar refractivity (Wildman–Crippen MR) is 23.3 cm³/mol. The summed E-state index contributed by atoms with van der Waals surface area (Å²) in [4.78, 5) is 19.5. The number of ketones is 1. The molecular weight excluding hydrogens is 94.0 g/mol. The Hall–Kier alpha value is -1.12. The van der Waals surface area contributed by atoms with E-state index in [1.54, 1.807) is 0 Å². The van der Waals surface area contributed by atoms with Gasteiger partial charge in [-0.1, -0.05) is 6.58 Å². The van der Waals surface area contributed by atoms with Gasteiger partial charge >= 0.3 is 5.91 Å². The Bertz CT molecular complexity index is 117. The fraction of sp³-hybridized carbons (Fsp3) is 0. The van der Waals surface area contributed by atoms with Crippen LogP contribution in [0, 0.1) is 0 Å². The van der Waals surface area contributed by atoms with E-state index in [1.165, 1.54) is 0 Å². The van der Waals surface area contributed by atoms with Crippen LogP contribution in [0.5, 0.6) is 0 Å². The van der Waals surface area contributed by atoms with Crippen molar-refractivity contribution in [2.45, 2.75) is 0 Å². The second-order valence-electron chi connectivity index (χ2n) is 0.897. The van der Waals surface area contributed by atoms with E-state index in [4.69, 9.17) is 5.73 Å². The molecule has 7 heavy (non-hydrogen) atoms.